The lowest BCUT2D eigenvalue weighted by Gasteiger charge is -2.28. The van der Waals surface area contributed by atoms with Crippen molar-refractivity contribution in [1.82, 2.24) is 19.7 Å². The minimum absolute atomic E-state index is 0.138. The third kappa shape index (κ3) is 5.87. The first kappa shape index (κ1) is 23.6. The largest absolute Gasteiger partial charge is 0.378 e. The van der Waals surface area contributed by atoms with Gasteiger partial charge in [-0.2, -0.15) is 0 Å². The monoisotopic (exact) mass is 494 g/mol. The molecule has 3 aromatic rings. The van der Waals surface area contributed by atoms with Gasteiger partial charge >= 0.3 is 0 Å². The molecule has 4 rings (SSSR count). The average molecular weight is 495 g/mol. The van der Waals surface area contributed by atoms with Gasteiger partial charge in [-0.15, -0.1) is 21.5 Å². The van der Waals surface area contributed by atoms with Gasteiger partial charge in [0.1, 0.15) is 0 Å². The summed E-state index contributed by atoms with van der Waals surface area (Å²) < 4.78 is 34.1. The molecule has 0 unspecified atom stereocenters. The molecular formula is C21H24F2N6O2S2. The van der Waals surface area contributed by atoms with Crippen LogP contribution < -0.4 is 10.2 Å². The van der Waals surface area contributed by atoms with Gasteiger partial charge in [0.05, 0.1) is 24.7 Å². The summed E-state index contributed by atoms with van der Waals surface area (Å²) >= 11 is 2.53. The Balaban J connectivity index is 1.39. The van der Waals surface area contributed by atoms with E-state index < -0.39 is 11.6 Å². The fourth-order valence-corrected chi connectivity index (χ4v) is 4.79. The summed E-state index contributed by atoms with van der Waals surface area (Å²) in [7, 11) is 0. The predicted molar refractivity (Wildman–Crippen MR) is 125 cm³/mol. The number of benzene rings is 1. The number of morpholine rings is 1. The van der Waals surface area contributed by atoms with E-state index >= 15 is 0 Å². The maximum atomic E-state index is 13.5. The number of rotatable bonds is 8. The lowest BCUT2D eigenvalue weighted by atomic mass is 10.2. The van der Waals surface area contributed by atoms with Crippen LogP contribution in [0.1, 0.15) is 13.8 Å². The number of nitrogens with zero attached hydrogens (tertiary/aromatic N) is 5. The van der Waals surface area contributed by atoms with E-state index in [1.807, 2.05) is 0 Å². The third-order valence-corrected chi connectivity index (χ3v) is 6.56. The topological polar surface area (TPSA) is 85.2 Å². The number of thioether (sulfide) groups is 1. The second-order valence-corrected chi connectivity index (χ2v) is 9.69. The van der Waals surface area contributed by atoms with E-state index in [9.17, 15) is 13.6 Å². The second kappa shape index (κ2) is 10.6. The molecule has 176 valence electrons. The van der Waals surface area contributed by atoms with E-state index in [1.165, 1.54) is 29.2 Å². The zero-order valence-corrected chi connectivity index (χ0v) is 19.9. The number of carbonyl (C=O) groups excluding carboxylic acids is 1. The Morgan fingerprint density at radius 1 is 1.24 bits per heavy atom. The van der Waals surface area contributed by atoms with Gasteiger partial charge in [-0.3, -0.25) is 9.36 Å². The van der Waals surface area contributed by atoms with Gasteiger partial charge in [-0.25, -0.2) is 13.8 Å². The number of thiazole rings is 1. The first-order valence-corrected chi connectivity index (χ1v) is 12.4. The number of halogens is 2. The molecule has 12 heteroatoms. The fraction of sp³-hybridized carbons (Fsp3) is 0.429. The van der Waals surface area contributed by atoms with Crippen molar-refractivity contribution in [1.29, 1.82) is 0 Å². The molecule has 0 bridgehead atoms. The van der Waals surface area contributed by atoms with Crippen LogP contribution in [0.25, 0.3) is 11.3 Å². The lowest BCUT2D eigenvalue weighted by Crippen LogP contribution is -2.38. The molecule has 1 fully saturated rings. The standard InChI is InChI=1S/C21H24F2N6O2S2/c1-13(2)10-29-20(28-5-7-31-8-6-28)26-27-21(29)33-12-18(30)25-19-24-17(11-32-19)14-3-4-15(22)16(23)9-14/h3-4,9,11,13H,5-8,10,12H2,1-2H3,(H,24,25,30). The first-order valence-electron chi connectivity index (χ1n) is 10.5. The van der Waals surface area contributed by atoms with E-state index in [0.717, 1.165) is 37.7 Å². The molecule has 0 aliphatic carbocycles. The van der Waals surface area contributed by atoms with Crippen molar-refractivity contribution in [2.45, 2.75) is 25.5 Å². The van der Waals surface area contributed by atoms with Gasteiger partial charge in [-0.1, -0.05) is 25.6 Å². The van der Waals surface area contributed by atoms with Gasteiger partial charge in [0.15, 0.2) is 21.9 Å². The third-order valence-electron chi connectivity index (χ3n) is 4.84. The van der Waals surface area contributed by atoms with Crippen LogP contribution in [0.2, 0.25) is 0 Å². The number of anilines is 2. The Morgan fingerprint density at radius 3 is 2.76 bits per heavy atom. The summed E-state index contributed by atoms with van der Waals surface area (Å²) in [6.45, 7) is 7.80. The van der Waals surface area contributed by atoms with E-state index in [-0.39, 0.29) is 11.7 Å². The van der Waals surface area contributed by atoms with E-state index in [1.54, 1.807) is 5.38 Å². The summed E-state index contributed by atoms with van der Waals surface area (Å²) in [4.78, 5) is 19.0. The highest BCUT2D eigenvalue weighted by molar-refractivity contribution is 7.99. The Morgan fingerprint density at radius 2 is 2.03 bits per heavy atom. The predicted octanol–water partition coefficient (Wildman–Crippen LogP) is 3.90. The van der Waals surface area contributed by atoms with Crippen LogP contribution >= 0.6 is 23.1 Å². The molecule has 1 amide bonds. The maximum Gasteiger partial charge on any atom is 0.236 e. The van der Waals surface area contributed by atoms with Crippen LogP contribution in [0, 0.1) is 17.6 Å². The van der Waals surface area contributed by atoms with Crippen LogP contribution in [-0.2, 0) is 16.1 Å². The average Bonchev–Trinajstić information content (AvgIpc) is 3.41. The molecule has 0 spiro atoms. The quantitative estimate of drug-likeness (QED) is 0.476. The van der Waals surface area contributed by atoms with Crippen molar-refractivity contribution in [2.75, 3.05) is 42.3 Å². The molecular weight excluding hydrogens is 470 g/mol. The summed E-state index contributed by atoms with van der Waals surface area (Å²) in [5.41, 5.74) is 0.908. The molecule has 1 aromatic carbocycles. The molecule has 8 nitrogen and oxygen atoms in total. The number of hydrogen-bond acceptors (Lipinski definition) is 8. The van der Waals surface area contributed by atoms with Crippen molar-refractivity contribution in [3.05, 3.63) is 35.2 Å². The van der Waals surface area contributed by atoms with E-state index in [2.05, 4.69) is 43.8 Å². The molecule has 3 heterocycles. The molecule has 1 N–H and O–H groups in total. The van der Waals surface area contributed by atoms with Crippen molar-refractivity contribution in [3.8, 4) is 11.3 Å². The highest BCUT2D eigenvalue weighted by Gasteiger charge is 2.22. The zero-order valence-electron chi connectivity index (χ0n) is 18.3. The van der Waals surface area contributed by atoms with E-state index in [4.69, 9.17) is 4.74 Å². The van der Waals surface area contributed by atoms with Gasteiger partial charge < -0.3 is 15.0 Å². The molecule has 1 saturated heterocycles. The number of nitrogens with one attached hydrogen (secondary N) is 1. The van der Waals surface area contributed by atoms with Crippen molar-refractivity contribution < 1.29 is 18.3 Å². The number of ether oxygens (including phenoxy) is 1. The Kier molecular flexibility index (Phi) is 7.56. The molecule has 0 saturated carbocycles. The SMILES string of the molecule is CC(C)Cn1c(SCC(=O)Nc2nc(-c3ccc(F)c(F)c3)cs2)nnc1N1CCOCC1. The van der Waals surface area contributed by atoms with Gasteiger partial charge in [0.2, 0.25) is 11.9 Å². The molecule has 0 atom stereocenters. The van der Waals surface area contributed by atoms with Crippen molar-refractivity contribution in [3.63, 3.8) is 0 Å². The molecule has 1 aliphatic heterocycles. The van der Waals surface area contributed by atoms with E-state index in [0.29, 0.717) is 40.7 Å². The fourth-order valence-electron chi connectivity index (χ4n) is 3.31. The Hall–Kier alpha value is -2.57. The molecule has 1 aliphatic rings. The highest BCUT2D eigenvalue weighted by atomic mass is 32.2. The zero-order chi connectivity index (χ0) is 23.4. The summed E-state index contributed by atoms with van der Waals surface area (Å²) in [6, 6.07) is 3.58. The number of amides is 1. The highest BCUT2D eigenvalue weighted by Crippen LogP contribution is 2.27. The first-order chi connectivity index (χ1) is 15.9. The van der Waals surface area contributed by atoms with Crippen LogP contribution in [0.3, 0.4) is 0 Å². The van der Waals surface area contributed by atoms with Crippen molar-refractivity contribution >= 4 is 40.1 Å². The summed E-state index contributed by atoms with van der Waals surface area (Å²) in [5, 5.41) is 14.2. The minimum atomic E-state index is -0.940. The number of aromatic nitrogens is 4. The Bertz CT molecular complexity index is 1110. The number of hydrogen-bond donors (Lipinski definition) is 1. The van der Waals surface area contributed by atoms with Crippen LogP contribution in [-0.4, -0.2) is 57.7 Å². The van der Waals surface area contributed by atoms with Gasteiger partial charge in [0, 0.05) is 30.6 Å². The molecule has 0 radical (unpaired) electrons. The number of carbonyl (C=O) groups is 1. The maximum absolute atomic E-state index is 13.5. The lowest BCUT2D eigenvalue weighted by molar-refractivity contribution is -0.113. The normalized spacial score (nSPS) is 14.2. The second-order valence-electron chi connectivity index (χ2n) is 7.89. The van der Waals surface area contributed by atoms with Crippen LogP contribution in [0.4, 0.5) is 19.9 Å². The van der Waals surface area contributed by atoms with Gasteiger partial charge in [-0.05, 0) is 24.1 Å². The smallest absolute Gasteiger partial charge is 0.236 e. The summed E-state index contributed by atoms with van der Waals surface area (Å²) in [5.74, 6) is -0.770. The van der Waals surface area contributed by atoms with Gasteiger partial charge in [0.25, 0.3) is 0 Å². The van der Waals surface area contributed by atoms with Crippen molar-refractivity contribution in [2.24, 2.45) is 5.92 Å². The minimum Gasteiger partial charge on any atom is -0.378 e. The molecule has 33 heavy (non-hydrogen) atoms. The molecule has 2 aromatic heterocycles. The summed E-state index contributed by atoms with van der Waals surface area (Å²) in [6.07, 6.45) is 0. The Labute approximate surface area is 198 Å². The van der Waals surface area contributed by atoms with Crippen LogP contribution in [0.15, 0.2) is 28.7 Å². The van der Waals surface area contributed by atoms with Crippen LogP contribution in [0.5, 0.6) is 0 Å².